The largest absolute Gasteiger partial charge is 0.343 e. The second-order valence-electron chi connectivity index (χ2n) is 5.62. The van der Waals surface area contributed by atoms with Crippen LogP contribution in [0.5, 0.6) is 0 Å². The molecule has 1 aliphatic heterocycles. The normalized spacial score (nSPS) is 16.2. The van der Waals surface area contributed by atoms with Crippen LogP contribution in [0.3, 0.4) is 0 Å². The van der Waals surface area contributed by atoms with E-state index in [-0.39, 0.29) is 5.91 Å². The number of piperidine rings is 1. The van der Waals surface area contributed by atoms with Gasteiger partial charge in [0.1, 0.15) is 0 Å². The molecule has 0 aliphatic carbocycles. The number of hydrogen-bond donors (Lipinski definition) is 0. The van der Waals surface area contributed by atoms with Crippen molar-refractivity contribution in [2.24, 2.45) is 7.05 Å². The molecule has 5 nitrogen and oxygen atoms in total. The summed E-state index contributed by atoms with van der Waals surface area (Å²) in [6, 6.07) is 6.17. The van der Waals surface area contributed by atoms with Crippen LogP contribution in [0.2, 0.25) is 0 Å². The van der Waals surface area contributed by atoms with Gasteiger partial charge in [0.05, 0.1) is 23.9 Å². The number of aromatic nitrogens is 3. The van der Waals surface area contributed by atoms with Crippen LogP contribution in [0.1, 0.15) is 31.4 Å². The molecule has 3 rings (SSSR count). The molecule has 0 saturated carbocycles. The zero-order chi connectivity index (χ0) is 14.8. The number of nitrogens with zero attached hydrogens (tertiary/aromatic N) is 4. The number of imidazole rings is 1. The molecule has 0 radical (unpaired) electrons. The summed E-state index contributed by atoms with van der Waals surface area (Å²) in [4.78, 5) is 22.3. The van der Waals surface area contributed by atoms with Gasteiger partial charge in [0.15, 0.2) is 0 Å². The number of carbonyl (C=O) groups is 1. The van der Waals surface area contributed by atoms with Gasteiger partial charge in [-0.2, -0.15) is 0 Å². The lowest BCUT2D eigenvalue weighted by atomic mass is 9.93. The van der Waals surface area contributed by atoms with Crippen LogP contribution in [0.15, 0.2) is 30.7 Å². The monoisotopic (exact) mass is 284 g/mol. The number of amides is 1. The molecular formula is C16H20N4O. The molecule has 0 bridgehead atoms. The predicted molar refractivity (Wildman–Crippen MR) is 80.7 cm³/mol. The summed E-state index contributed by atoms with van der Waals surface area (Å²) in [6.07, 6.45) is 5.60. The Balaban J connectivity index is 1.78. The van der Waals surface area contributed by atoms with Gasteiger partial charge in [-0.05, 0) is 25.0 Å². The highest BCUT2D eigenvalue weighted by Crippen LogP contribution is 2.28. The van der Waals surface area contributed by atoms with Crippen molar-refractivity contribution in [1.29, 1.82) is 0 Å². The van der Waals surface area contributed by atoms with Gasteiger partial charge in [0.25, 0.3) is 0 Å². The van der Waals surface area contributed by atoms with Crippen LogP contribution in [-0.4, -0.2) is 38.4 Å². The fraction of sp³-hybridized carbons (Fsp3) is 0.438. The van der Waals surface area contributed by atoms with Crippen molar-refractivity contribution in [2.75, 3.05) is 13.1 Å². The fourth-order valence-corrected chi connectivity index (χ4v) is 2.92. The maximum absolute atomic E-state index is 11.4. The maximum atomic E-state index is 11.4. The number of pyridine rings is 1. The van der Waals surface area contributed by atoms with Crippen molar-refractivity contribution in [2.45, 2.75) is 25.7 Å². The highest BCUT2D eigenvalue weighted by molar-refractivity contribution is 5.73. The molecule has 110 valence electrons. The minimum Gasteiger partial charge on any atom is -0.343 e. The Morgan fingerprint density at radius 3 is 2.67 bits per heavy atom. The van der Waals surface area contributed by atoms with Crippen LogP contribution in [0.4, 0.5) is 0 Å². The van der Waals surface area contributed by atoms with Crippen molar-refractivity contribution in [3.8, 4) is 11.4 Å². The Morgan fingerprint density at radius 1 is 1.29 bits per heavy atom. The Hall–Kier alpha value is -2.17. The highest BCUT2D eigenvalue weighted by Gasteiger charge is 2.23. The molecule has 1 saturated heterocycles. The van der Waals surface area contributed by atoms with Gasteiger partial charge in [-0.15, -0.1) is 0 Å². The highest BCUT2D eigenvalue weighted by atomic mass is 16.2. The molecule has 1 amide bonds. The Labute approximate surface area is 124 Å². The molecule has 2 aromatic heterocycles. The zero-order valence-corrected chi connectivity index (χ0v) is 12.5. The molecule has 0 spiro atoms. The van der Waals surface area contributed by atoms with E-state index >= 15 is 0 Å². The van der Waals surface area contributed by atoms with Crippen molar-refractivity contribution in [3.63, 3.8) is 0 Å². The maximum Gasteiger partial charge on any atom is 0.219 e. The zero-order valence-electron chi connectivity index (χ0n) is 12.5. The number of rotatable bonds is 2. The smallest absolute Gasteiger partial charge is 0.219 e. The molecule has 1 aliphatic rings. The Bertz CT molecular complexity index is 641. The predicted octanol–water partition coefficient (Wildman–Crippen LogP) is 2.21. The van der Waals surface area contributed by atoms with E-state index in [1.54, 1.807) is 13.3 Å². The van der Waals surface area contributed by atoms with E-state index in [2.05, 4.69) is 17.1 Å². The van der Waals surface area contributed by atoms with Crippen molar-refractivity contribution in [3.05, 3.63) is 36.4 Å². The van der Waals surface area contributed by atoms with Crippen LogP contribution < -0.4 is 0 Å². The van der Waals surface area contributed by atoms with Crippen molar-refractivity contribution >= 4 is 5.91 Å². The summed E-state index contributed by atoms with van der Waals surface area (Å²) < 4.78 is 1.98. The topological polar surface area (TPSA) is 51.0 Å². The van der Waals surface area contributed by atoms with Gasteiger partial charge in [-0.1, -0.05) is 6.07 Å². The van der Waals surface area contributed by atoms with E-state index in [1.807, 2.05) is 28.8 Å². The Kier molecular flexibility index (Phi) is 3.73. The van der Waals surface area contributed by atoms with Gasteiger partial charge in [0, 0.05) is 38.7 Å². The lowest BCUT2D eigenvalue weighted by Gasteiger charge is -2.31. The third-order valence-corrected chi connectivity index (χ3v) is 4.21. The van der Waals surface area contributed by atoms with E-state index in [1.165, 1.54) is 0 Å². The first-order valence-electron chi connectivity index (χ1n) is 7.34. The van der Waals surface area contributed by atoms with Gasteiger partial charge < -0.3 is 9.47 Å². The SMILES string of the molecule is CC(=O)N1CCC(c2cccc(-c3cncn3C)n2)CC1. The van der Waals surface area contributed by atoms with E-state index in [0.29, 0.717) is 5.92 Å². The molecular weight excluding hydrogens is 264 g/mol. The van der Waals surface area contributed by atoms with Gasteiger partial charge >= 0.3 is 0 Å². The van der Waals surface area contributed by atoms with Crippen molar-refractivity contribution < 1.29 is 4.79 Å². The van der Waals surface area contributed by atoms with Gasteiger partial charge in [-0.25, -0.2) is 4.98 Å². The molecule has 5 heteroatoms. The Morgan fingerprint density at radius 2 is 2.05 bits per heavy atom. The summed E-state index contributed by atoms with van der Waals surface area (Å²) in [5, 5.41) is 0. The van der Waals surface area contributed by atoms with Crippen LogP contribution >= 0.6 is 0 Å². The molecule has 1 fully saturated rings. The lowest BCUT2D eigenvalue weighted by molar-refractivity contribution is -0.129. The van der Waals surface area contributed by atoms with Crippen molar-refractivity contribution in [1.82, 2.24) is 19.4 Å². The molecule has 0 N–H and O–H groups in total. The summed E-state index contributed by atoms with van der Waals surface area (Å²) in [5.41, 5.74) is 3.11. The molecule has 2 aromatic rings. The first-order chi connectivity index (χ1) is 10.1. The number of hydrogen-bond acceptors (Lipinski definition) is 3. The van der Waals surface area contributed by atoms with Crippen LogP contribution in [-0.2, 0) is 11.8 Å². The number of likely N-dealkylation sites (tertiary alicyclic amines) is 1. The third kappa shape index (κ3) is 2.82. The third-order valence-electron chi connectivity index (χ3n) is 4.21. The summed E-state index contributed by atoms with van der Waals surface area (Å²) in [6.45, 7) is 3.30. The molecule has 21 heavy (non-hydrogen) atoms. The van der Waals surface area contributed by atoms with E-state index in [9.17, 15) is 4.79 Å². The van der Waals surface area contributed by atoms with E-state index in [4.69, 9.17) is 4.98 Å². The first-order valence-corrected chi connectivity index (χ1v) is 7.34. The van der Waals surface area contributed by atoms with Gasteiger partial charge in [0.2, 0.25) is 5.91 Å². The summed E-state index contributed by atoms with van der Waals surface area (Å²) in [5.74, 6) is 0.610. The summed E-state index contributed by atoms with van der Waals surface area (Å²) in [7, 11) is 1.97. The summed E-state index contributed by atoms with van der Waals surface area (Å²) >= 11 is 0. The molecule has 3 heterocycles. The molecule has 0 aromatic carbocycles. The average molecular weight is 284 g/mol. The van der Waals surface area contributed by atoms with E-state index < -0.39 is 0 Å². The van der Waals surface area contributed by atoms with E-state index in [0.717, 1.165) is 43.0 Å². The first kappa shape index (κ1) is 13.8. The van der Waals surface area contributed by atoms with Gasteiger partial charge in [-0.3, -0.25) is 9.78 Å². The second-order valence-corrected chi connectivity index (χ2v) is 5.62. The van der Waals surface area contributed by atoms with Crippen LogP contribution in [0.25, 0.3) is 11.4 Å². The van der Waals surface area contributed by atoms with Crippen LogP contribution in [0, 0.1) is 0 Å². The average Bonchev–Trinajstić information content (AvgIpc) is 2.94. The minimum atomic E-state index is 0.171. The number of carbonyl (C=O) groups excluding carboxylic acids is 1. The second kappa shape index (κ2) is 5.68. The standard InChI is InChI=1S/C16H20N4O/c1-12(21)20-8-6-13(7-9-20)14-4-3-5-15(18-14)16-10-17-11-19(16)2/h3-5,10-11,13H,6-9H2,1-2H3. The molecule has 0 atom stereocenters. The lowest BCUT2D eigenvalue weighted by Crippen LogP contribution is -2.36. The quantitative estimate of drug-likeness (QED) is 0.849. The number of aryl methyl sites for hydroxylation is 1. The molecule has 0 unspecified atom stereocenters. The minimum absolute atomic E-state index is 0.171. The fourth-order valence-electron chi connectivity index (χ4n) is 2.92.